The van der Waals surface area contributed by atoms with E-state index in [0.717, 1.165) is 0 Å². The zero-order valence-corrected chi connectivity index (χ0v) is 6.92. The molecule has 0 spiro atoms. The predicted octanol–water partition coefficient (Wildman–Crippen LogP) is 1.25. The third kappa shape index (κ3) is 6.41. The van der Waals surface area contributed by atoms with E-state index in [1.165, 1.54) is 0 Å². The number of hydrogen-bond donors (Lipinski definition) is 0. The molecule has 0 aromatic heterocycles. The monoisotopic (exact) mass is 233 g/mol. The van der Waals surface area contributed by atoms with Crippen LogP contribution in [-0.4, -0.2) is 30.0 Å². The third-order valence-electron chi connectivity index (χ3n) is 0.946. The minimum atomic E-state index is -4.59. The van der Waals surface area contributed by atoms with E-state index in [9.17, 15) is 31.7 Å². The van der Waals surface area contributed by atoms with E-state index in [4.69, 9.17) is 0 Å². The fraction of sp³-hybridized carbons (Fsp3) is 0.333. The highest BCUT2D eigenvalue weighted by Gasteiger charge is 2.24. The predicted molar refractivity (Wildman–Crippen MR) is 35.2 cm³/mol. The van der Waals surface area contributed by atoms with E-state index in [1.807, 2.05) is 0 Å². The Labute approximate surface area is 79.8 Å². The van der Waals surface area contributed by atoms with Gasteiger partial charge in [0.05, 0.1) is 0 Å². The summed E-state index contributed by atoms with van der Waals surface area (Å²) >= 11 is 0. The number of esters is 1. The molecule has 1 amide bonds. The molecule has 0 heterocycles. The van der Waals surface area contributed by atoms with Gasteiger partial charge < -0.3 is 4.74 Å². The molecule has 4 nitrogen and oxygen atoms in total. The van der Waals surface area contributed by atoms with Gasteiger partial charge in [-0.1, -0.05) is 8.96 Å². The van der Waals surface area contributed by atoms with Crippen molar-refractivity contribution in [1.82, 2.24) is 5.34 Å². The maximum Gasteiger partial charge on any atom is 0.409 e. The lowest BCUT2D eigenvalue weighted by molar-refractivity contribution is -0.196. The van der Waals surface area contributed by atoms with Gasteiger partial charge in [0.1, 0.15) is 6.61 Å². The zero-order valence-electron chi connectivity index (χ0n) is 6.92. The van der Waals surface area contributed by atoms with Crippen LogP contribution in [0.1, 0.15) is 0 Å². The van der Waals surface area contributed by atoms with Crippen LogP contribution in [0.3, 0.4) is 0 Å². The SMILES string of the molecule is O=C(OC/C=C/C(F)(F)F)C(=O)N(F)F. The first-order valence-corrected chi connectivity index (χ1v) is 3.31. The molecule has 0 saturated carbocycles. The Bertz CT molecular complexity index is 272. The minimum absolute atomic E-state index is 0.257. The van der Waals surface area contributed by atoms with Gasteiger partial charge in [-0.2, -0.15) is 13.2 Å². The number of amides is 1. The molecule has 0 aliphatic heterocycles. The lowest BCUT2D eigenvalue weighted by atomic mass is 10.5. The van der Waals surface area contributed by atoms with Crippen molar-refractivity contribution in [2.75, 3.05) is 6.61 Å². The molecule has 0 aromatic carbocycles. The highest BCUT2D eigenvalue weighted by atomic mass is 19.4. The second-order valence-electron chi connectivity index (χ2n) is 2.08. The van der Waals surface area contributed by atoms with Crippen LogP contribution in [-0.2, 0) is 14.3 Å². The van der Waals surface area contributed by atoms with Gasteiger partial charge in [0.25, 0.3) is 0 Å². The number of alkyl halides is 3. The minimum Gasteiger partial charge on any atom is -0.454 e. The summed E-state index contributed by atoms with van der Waals surface area (Å²) in [4.78, 5) is 20.4. The van der Waals surface area contributed by atoms with Gasteiger partial charge in [-0.3, -0.25) is 4.79 Å². The number of carbonyl (C=O) groups is 2. The maximum absolute atomic E-state index is 11.4. The van der Waals surface area contributed by atoms with Gasteiger partial charge in [0.2, 0.25) is 0 Å². The standard InChI is InChI=1S/C6H4F5NO3/c7-6(8,9)2-1-3-15-5(14)4(13)12(10)11/h1-2H,3H2/b2-1+. The molecule has 0 fully saturated rings. The molecule has 0 rings (SSSR count). The van der Waals surface area contributed by atoms with Crippen molar-refractivity contribution in [1.29, 1.82) is 0 Å². The molecular formula is C6H4F5NO3. The molecule has 0 bridgehead atoms. The van der Waals surface area contributed by atoms with Crippen LogP contribution in [0.25, 0.3) is 0 Å². The van der Waals surface area contributed by atoms with E-state index in [1.54, 1.807) is 0 Å². The largest absolute Gasteiger partial charge is 0.454 e. The fourth-order valence-corrected chi connectivity index (χ4v) is 0.436. The number of carbonyl (C=O) groups excluding carboxylic acids is 2. The number of halogens is 5. The zero-order chi connectivity index (χ0) is 12.1. The molecule has 0 unspecified atom stereocenters. The average Bonchev–Trinajstić information content (AvgIpc) is 2.09. The fourth-order valence-electron chi connectivity index (χ4n) is 0.436. The highest BCUT2D eigenvalue weighted by molar-refractivity contribution is 6.31. The topological polar surface area (TPSA) is 46.6 Å². The van der Waals surface area contributed by atoms with Crippen LogP contribution >= 0.6 is 0 Å². The Morgan fingerprint density at radius 3 is 2.20 bits per heavy atom. The van der Waals surface area contributed by atoms with Gasteiger partial charge >= 0.3 is 18.1 Å². The Kier molecular flexibility index (Phi) is 4.68. The first kappa shape index (κ1) is 13.3. The van der Waals surface area contributed by atoms with Gasteiger partial charge in [-0.15, -0.1) is 0 Å². The Hall–Kier alpha value is -1.67. The molecule has 0 N–H and O–H groups in total. The number of hydrogen-bond acceptors (Lipinski definition) is 3. The van der Waals surface area contributed by atoms with E-state index in [-0.39, 0.29) is 6.08 Å². The molecule has 86 valence electrons. The van der Waals surface area contributed by atoms with Crippen molar-refractivity contribution in [3.63, 3.8) is 0 Å². The van der Waals surface area contributed by atoms with E-state index in [2.05, 4.69) is 4.74 Å². The number of ether oxygens (including phenoxy) is 1. The van der Waals surface area contributed by atoms with E-state index < -0.39 is 30.0 Å². The summed E-state index contributed by atoms with van der Waals surface area (Å²) in [5, 5.41) is -2.03. The number of allylic oxidation sites excluding steroid dienone is 1. The highest BCUT2D eigenvalue weighted by Crippen LogP contribution is 2.15. The first-order valence-electron chi connectivity index (χ1n) is 3.31. The molecule has 9 heteroatoms. The summed E-state index contributed by atoms with van der Waals surface area (Å²) in [5.41, 5.74) is 0. The smallest absolute Gasteiger partial charge is 0.409 e. The number of rotatable bonds is 2. The lowest BCUT2D eigenvalue weighted by Crippen LogP contribution is -2.26. The lowest BCUT2D eigenvalue weighted by Gasteiger charge is -2.01. The normalized spacial score (nSPS) is 11.5. The summed E-state index contributed by atoms with van der Waals surface area (Å²) in [6.07, 6.45) is -4.48. The van der Waals surface area contributed by atoms with Crippen molar-refractivity contribution in [2.45, 2.75) is 6.18 Å². The van der Waals surface area contributed by atoms with E-state index >= 15 is 0 Å². The molecule has 0 atom stereocenters. The second kappa shape index (κ2) is 5.27. The van der Waals surface area contributed by atoms with Gasteiger partial charge in [0, 0.05) is 11.4 Å². The van der Waals surface area contributed by atoms with Crippen molar-refractivity contribution < 1.29 is 36.5 Å². The summed E-state index contributed by atoms with van der Waals surface area (Å²) < 4.78 is 60.8. The average molecular weight is 233 g/mol. The summed E-state index contributed by atoms with van der Waals surface area (Å²) in [7, 11) is 0. The Balaban J connectivity index is 3.94. The molecule has 0 saturated heterocycles. The van der Waals surface area contributed by atoms with Crippen LogP contribution in [0.5, 0.6) is 0 Å². The van der Waals surface area contributed by atoms with Crippen LogP contribution in [0.2, 0.25) is 0 Å². The summed E-state index contributed by atoms with van der Waals surface area (Å²) in [6, 6.07) is 0. The third-order valence-corrected chi connectivity index (χ3v) is 0.946. The maximum atomic E-state index is 11.4. The molecular weight excluding hydrogens is 229 g/mol. The second-order valence-corrected chi connectivity index (χ2v) is 2.08. The van der Waals surface area contributed by atoms with Crippen LogP contribution in [0.15, 0.2) is 12.2 Å². The van der Waals surface area contributed by atoms with Gasteiger partial charge in [-0.05, 0) is 6.08 Å². The molecule has 15 heavy (non-hydrogen) atoms. The molecule has 0 aliphatic rings. The van der Waals surface area contributed by atoms with Gasteiger partial charge in [-0.25, -0.2) is 4.79 Å². The first-order chi connectivity index (χ1) is 6.74. The Morgan fingerprint density at radius 1 is 1.27 bits per heavy atom. The van der Waals surface area contributed by atoms with Crippen LogP contribution < -0.4 is 0 Å². The molecule has 0 aromatic rings. The quantitative estimate of drug-likeness (QED) is 0.237. The van der Waals surface area contributed by atoms with Crippen LogP contribution in [0.4, 0.5) is 22.1 Å². The van der Waals surface area contributed by atoms with Crippen molar-refractivity contribution in [3.8, 4) is 0 Å². The molecule has 0 radical (unpaired) electrons. The van der Waals surface area contributed by atoms with Crippen molar-refractivity contribution >= 4 is 11.9 Å². The van der Waals surface area contributed by atoms with Crippen molar-refractivity contribution in [3.05, 3.63) is 12.2 Å². The van der Waals surface area contributed by atoms with Crippen LogP contribution in [0, 0.1) is 0 Å². The summed E-state index contributed by atoms with van der Waals surface area (Å²) in [5.74, 6) is -4.19. The van der Waals surface area contributed by atoms with Gasteiger partial charge in [0.15, 0.2) is 0 Å². The Morgan fingerprint density at radius 2 is 1.80 bits per heavy atom. The van der Waals surface area contributed by atoms with E-state index in [0.29, 0.717) is 6.08 Å². The van der Waals surface area contributed by atoms with Crippen molar-refractivity contribution in [2.24, 2.45) is 0 Å². The summed E-state index contributed by atoms with van der Waals surface area (Å²) in [6.45, 7) is -0.919. The molecule has 0 aliphatic carbocycles. The number of nitrogens with zero attached hydrogens (tertiary/aromatic N) is 1.